The second kappa shape index (κ2) is 5.63. The quantitative estimate of drug-likeness (QED) is 0.674. The standard InChI is InChI=1S/C14H19F2NO2/c1-18-13-5-4-11(9-12(13)17)19-10-3-2-7-14(15,16)8-6-10/h4-5,9-10H,2-3,6-8,17H2,1H3. The fourth-order valence-corrected chi connectivity index (χ4v) is 2.33. The molecule has 1 aliphatic rings. The normalized spacial score (nSPS) is 22.6. The highest BCUT2D eigenvalue weighted by atomic mass is 19.3. The molecule has 0 saturated heterocycles. The maximum Gasteiger partial charge on any atom is 0.248 e. The molecule has 1 fully saturated rings. The molecule has 0 radical (unpaired) electrons. The van der Waals surface area contributed by atoms with Crippen molar-refractivity contribution >= 4 is 5.69 Å². The van der Waals surface area contributed by atoms with E-state index in [0.29, 0.717) is 36.4 Å². The summed E-state index contributed by atoms with van der Waals surface area (Å²) < 4.78 is 37.3. The first-order valence-electron chi connectivity index (χ1n) is 6.48. The number of anilines is 1. The minimum Gasteiger partial charge on any atom is -0.495 e. The summed E-state index contributed by atoms with van der Waals surface area (Å²) in [6, 6.07) is 5.13. The van der Waals surface area contributed by atoms with Crippen LogP contribution in [0.5, 0.6) is 11.5 Å². The second-order valence-corrected chi connectivity index (χ2v) is 4.93. The van der Waals surface area contributed by atoms with Gasteiger partial charge in [0, 0.05) is 18.9 Å². The number of methoxy groups -OCH3 is 1. The number of halogens is 2. The average molecular weight is 271 g/mol. The Kier molecular flexibility index (Phi) is 4.12. The lowest BCUT2D eigenvalue weighted by atomic mass is 10.1. The summed E-state index contributed by atoms with van der Waals surface area (Å²) in [5.74, 6) is -1.36. The van der Waals surface area contributed by atoms with E-state index in [1.54, 1.807) is 25.3 Å². The van der Waals surface area contributed by atoms with Gasteiger partial charge in [-0.2, -0.15) is 0 Å². The average Bonchev–Trinajstić information content (AvgIpc) is 2.51. The van der Waals surface area contributed by atoms with E-state index in [4.69, 9.17) is 15.2 Å². The van der Waals surface area contributed by atoms with E-state index in [9.17, 15) is 8.78 Å². The van der Waals surface area contributed by atoms with E-state index in [1.165, 1.54) is 0 Å². The number of hydrogen-bond acceptors (Lipinski definition) is 3. The molecule has 2 N–H and O–H groups in total. The van der Waals surface area contributed by atoms with Crippen molar-refractivity contribution in [1.82, 2.24) is 0 Å². The van der Waals surface area contributed by atoms with Crippen molar-refractivity contribution in [3.05, 3.63) is 18.2 Å². The predicted molar refractivity (Wildman–Crippen MR) is 69.9 cm³/mol. The van der Waals surface area contributed by atoms with Crippen LogP contribution in [0.3, 0.4) is 0 Å². The third-order valence-corrected chi connectivity index (χ3v) is 3.40. The summed E-state index contributed by atoms with van der Waals surface area (Å²) in [7, 11) is 1.54. The Morgan fingerprint density at radius 1 is 1.26 bits per heavy atom. The Hall–Kier alpha value is -1.52. The van der Waals surface area contributed by atoms with Crippen LogP contribution in [0.15, 0.2) is 18.2 Å². The van der Waals surface area contributed by atoms with E-state index in [0.717, 1.165) is 0 Å². The lowest BCUT2D eigenvalue weighted by molar-refractivity contribution is -0.0162. The molecule has 0 amide bonds. The largest absolute Gasteiger partial charge is 0.495 e. The second-order valence-electron chi connectivity index (χ2n) is 4.93. The van der Waals surface area contributed by atoms with Gasteiger partial charge in [-0.25, -0.2) is 8.78 Å². The third kappa shape index (κ3) is 3.72. The van der Waals surface area contributed by atoms with E-state index >= 15 is 0 Å². The smallest absolute Gasteiger partial charge is 0.248 e. The first kappa shape index (κ1) is 13.9. The fourth-order valence-electron chi connectivity index (χ4n) is 2.33. The summed E-state index contributed by atoms with van der Waals surface area (Å²) in [5.41, 5.74) is 6.27. The molecule has 1 atom stereocenters. The molecule has 1 unspecified atom stereocenters. The zero-order chi connectivity index (χ0) is 13.9. The number of ether oxygens (including phenoxy) is 2. The molecule has 0 spiro atoms. The van der Waals surface area contributed by atoms with Crippen LogP contribution in [0.4, 0.5) is 14.5 Å². The topological polar surface area (TPSA) is 44.5 Å². The zero-order valence-corrected chi connectivity index (χ0v) is 11.0. The van der Waals surface area contributed by atoms with E-state index in [1.807, 2.05) is 0 Å². The van der Waals surface area contributed by atoms with Crippen molar-refractivity contribution in [2.75, 3.05) is 12.8 Å². The van der Waals surface area contributed by atoms with Crippen LogP contribution in [0.1, 0.15) is 32.1 Å². The minimum atomic E-state index is -2.54. The van der Waals surface area contributed by atoms with Gasteiger partial charge in [-0.3, -0.25) is 0 Å². The molecule has 0 aliphatic heterocycles. The monoisotopic (exact) mass is 271 g/mol. The van der Waals surface area contributed by atoms with Crippen molar-refractivity contribution in [3.63, 3.8) is 0 Å². The molecule has 2 rings (SSSR count). The summed E-state index contributed by atoms with van der Waals surface area (Å²) in [5, 5.41) is 0. The highest BCUT2D eigenvalue weighted by Crippen LogP contribution is 2.34. The van der Waals surface area contributed by atoms with E-state index in [-0.39, 0.29) is 18.9 Å². The third-order valence-electron chi connectivity index (χ3n) is 3.40. The zero-order valence-electron chi connectivity index (χ0n) is 11.0. The Morgan fingerprint density at radius 3 is 2.74 bits per heavy atom. The molecule has 1 saturated carbocycles. The highest BCUT2D eigenvalue weighted by molar-refractivity contribution is 5.56. The Balaban J connectivity index is 1.99. The molecule has 19 heavy (non-hydrogen) atoms. The molecule has 1 aromatic rings. The van der Waals surface area contributed by atoms with E-state index < -0.39 is 5.92 Å². The number of alkyl halides is 2. The van der Waals surface area contributed by atoms with Crippen LogP contribution >= 0.6 is 0 Å². The molecule has 1 aliphatic carbocycles. The SMILES string of the molecule is COc1ccc(OC2CCCC(F)(F)CC2)cc1N. The molecule has 3 nitrogen and oxygen atoms in total. The summed E-state index contributed by atoms with van der Waals surface area (Å²) in [6.07, 6.45) is 1.20. The Labute approximate surface area is 111 Å². The number of benzene rings is 1. The van der Waals surface area contributed by atoms with Crippen LogP contribution in [-0.4, -0.2) is 19.1 Å². The molecule has 106 valence electrons. The fraction of sp³-hybridized carbons (Fsp3) is 0.571. The molecule has 0 aromatic heterocycles. The number of hydrogen-bond donors (Lipinski definition) is 1. The number of nitrogen functional groups attached to an aromatic ring is 1. The van der Waals surface area contributed by atoms with Crippen LogP contribution < -0.4 is 15.2 Å². The van der Waals surface area contributed by atoms with Gasteiger partial charge in [0.15, 0.2) is 0 Å². The maximum absolute atomic E-state index is 13.2. The minimum absolute atomic E-state index is 0.0440. The summed E-state index contributed by atoms with van der Waals surface area (Å²) in [6.45, 7) is 0. The summed E-state index contributed by atoms with van der Waals surface area (Å²) in [4.78, 5) is 0. The highest BCUT2D eigenvalue weighted by Gasteiger charge is 2.33. The lowest BCUT2D eigenvalue weighted by Gasteiger charge is -2.18. The van der Waals surface area contributed by atoms with Crippen molar-refractivity contribution < 1.29 is 18.3 Å². The summed E-state index contributed by atoms with van der Waals surface area (Å²) >= 11 is 0. The van der Waals surface area contributed by atoms with Crippen LogP contribution in [0.2, 0.25) is 0 Å². The first-order chi connectivity index (χ1) is 9.00. The van der Waals surface area contributed by atoms with Gasteiger partial charge in [-0.15, -0.1) is 0 Å². The van der Waals surface area contributed by atoms with Crippen LogP contribution in [0, 0.1) is 0 Å². The molecule has 0 bridgehead atoms. The Morgan fingerprint density at radius 2 is 2.05 bits per heavy atom. The van der Waals surface area contributed by atoms with Crippen molar-refractivity contribution in [3.8, 4) is 11.5 Å². The number of rotatable bonds is 3. The van der Waals surface area contributed by atoms with Crippen molar-refractivity contribution in [2.45, 2.75) is 44.1 Å². The Bertz CT molecular complexity index is 437. The molecular weight excluding hydrogens is 252 g/mol. The molecule has 1 aromatic carbocycles. The lowest BCUT2D eigenvalue weighted by Crippen LogP contribution is -2.18. The van der Waals surface area contributed by atoms with Gasteiger partial charge in [0.05, 0.1) is 18.9 Å². The maximum atomic E-state index is 13.2. The van der Waals surface area contributed by atoms with Gasteiger partial charge in [0.1, 0.15) is 11.5 Å². The van der Waals surface area contributed by atoms with Crippen LogP contribution in [-0.2, 0) is 0 Å². The molecule has 0 heterocycles. The predicted octanol–water partition coefficient (Wildman–Crippen LogP) is 3.62. The van der Waals surface area contributed by atoms with Gasteiger partial charge in [0.2, 0.25) is 5.92 Å². The van der Waals surface area contributed by atoms with E-state index in [2.05, 4.69) is 0 Å². The van der Waals surface area contributed by atoms with Crippen molar-refractivity contribution in [2.24, 2.45) is 0 Å². The van der Waals surface area contributed by atoms with Gasteiger partial charge in [-0.1, -0.05) is 0 Å². The molecule has 5 heteroatoms. The molecular formula is C14H19F2NO2. The van der Waals surface area contributed by atoms with Gasteiger partial charge in [-0.05, 0) is 31.4 Å². The van der Waals surface area contributed by atoms with Gasteiger partial charge >= 0.3 is 0 Å². The number of nitrogens with two attached hydrogens (primary N) is 1. The van der Waals surface area contributed by atoms with Gasteiger partial charge < -0.3 is 15.2 Å². The van der Waals surface area contributed by atoms with Gasteiger partial charge in [0.25, 0.3) is 0 Å². The van der Waals surface area contributed by atoms with Crippen molar-refractivity contribution in [1.29, 1.82) is 0 Å². The van der Waals surface area contributed by atoms with Crippen LogP contribution in [0.25, 0.3) is 0 Å². The first-order valence-corrected chi connectivity index (χ1v) is 6.48.